The molecule has 1 aromatic rings. The van der Waals surface area contributed by atoms with E-state index in [1.807, 2.05) is 6.92 Å². The average molecular weight is 239 g/mol. The van der Waals surface area contributed by atoms with Gasteiger partial charge in [-0.05, 0) is 32.1 Å². The minimum Gasteiger partial charge on any atom is -0.357 e. The fourth-order valence-corrected chi connectivity index (χ4v) is 3.24. The van der Waals surface area contributed by atoms with Crippen molar-refractivity contribution < 1.29 is 0 Å². The maximum absolute atomic E-state index is 4.39. The molecule has 16 heavy (non-hydrogen) atoms. The van der Waals surface area contributed by atoms with Crippen LogP contribution in [0, 0.1) is 12.8 Å². The van der Waals surface area contributed by atoms with Gasteiger partial charge in [0.1, 0.15) is 5.82 Å². The fraction of sp³-hybridized carbons (Fsp3) is 0.833. The Morgan fingerprint density at radius 2 is 2.12 bits per heavy atom. The number of aromatic nitrogens is 2. The summed E-state index contributed by atoms with van der Waals surface area (Å²) in [4.78, 5) is 4.39. The Morgan fingerprint density at radius 1 is 1.38 bits per heavy atom. The third kappa shape index (κ3) is 2.94. The van der Waals surface area contributed by atoms with Crippen molar-refractivity contribution >= 4 is 16.7 Å². The standard InChI is InChI=1S/C12H21N3S/c1-3-11(10-7-5-4-6-8-10)14-12-13-9(2)15-16-12/h10-11H,3-8H2,1-2H3,(H,13,14,15). The Kier molecular flexibility index (Phi) is 4.16. The molecule has 0 amide bonds. The van der Waals surface area contributed by atoms with Gasteiger partial charge in [0.15, 0.2) is 0 Å². The molecule has 1 heterocycles. The zero-order chi connectivity index (χ0) is 11.4. The fourth-order valence-electron chi connectivity index (χ4n) is 2.60. The molecule has 2 rings (SSSR count). The number of nitrogens with one attached hydrogen (secondary N) is 1. The average Bonchev–Trinajstić information content (AvgIpc) is 2.73. The maximum atomic E-state index is 4.39. The summed E-state index contributed by atoms with van der Waals surface area (Å²) in [6.07, 6.45) is 8.16. The first-order valence-corrected chi connectivity index (χ1v) is 7.13. The van der Waals surface area contributed by atoms with Gasteiger partial charge in [-0.15, -0.1) is 0 Å². The second kappa shape index (κ2) is 5.62. The number of hydrogen-bond acceptors (Lipinski definition) is 4. The summed E-state index contributed by atoms with van der Waals surface area (Å²) in [5, 5.41) is 4.56. The van der Waals surface area contributed by atoms with Crippen molar-refractivity contribution in [3.05, 3.63) is 5.82 Å². The number of nitrogens with zero attached hydrogens (tertiary/aromatic N) is 2. The molecule has 0 radical (unpaired) electrons. The van der Waals surface area contributed by atoms with Gasteiger partial charge in [-0.3, -0.25) is 0 Å². The van der Waals surface area contributed by atoms with E-state index in [4.69, 9.17) is 0 Å². The highest BCUT2D eigenvalue weighted by Crippen LogP contribution is 2.29. The maximum Gasteiger partial charge on any atom is 0.202 e. The number of aryl methyl sites for hydroxylation is 1. The molecular formula is C12H21N3S. The number of anilines is 1. The summed E-state index contributed by atoms with van der Waals surface area (Å²) >= 11 is 1.49. The lowest BCUT2D eigenvalue weighted by Gasteiger charge is -2.29. The van der Waals surface area contributed by atoms with Gasteiger partial charge in [-0.1, -0.05) is 26.2 Å². The third-order valence-electron chi connectivity index (χ3n) is 3.50. The van der Waals surface area contributed by atoms with Gasteiger partial charge in [-0.2, -0.15) is 4.37 Å². The third-order valence-corrected chi connectivity index (χ3v) is 4.23. The highest BCUT2D eigenvalue weighted by Gasteiger charge is 2.22. The minimum absolute atomic E-state index is 0.590. The van der Waals surface area contributed by atoms with E-state index in [1.165, 1.54) is 50.1 Å². The van der Waals surface area contributed by atoms with Crippen LogP contribution < -0.4 is 5.32 Å². The molecule has 0 saturated heterocycles. The Hall–Kier alpha value is -0.640. The zero-order valence-electron chi connectivity index (χ0n) is 10.2. The van der Waals surface area contributed by atoms with Crippen molar-refractivity contribution in [1.29, 1.82) is 0 Å². The lowest BCUT2D eigenvalue weighted by Crippen LogP contribution is -2.30. The van der Waals surface area contributed by atoms with E-state index in [-0.39, 0.29) is 0 Å². The molecule has 0 aliphatic heterocycles. The summed E-state index contributed by atoms with van der Waals surface area (Å²) in [6.45, 7) is 4.21. The van der Waals surface area contributed by atoms with E-state index in [0.717, 1.165) is 16.9 Å². The summed E-state index contributed by atoms with van der Waals surface area (Å²) in [5.74, 6) is 1.72. The molecule has 0 bridgehead atoms. The molecule has 1 saturated carbocycles. The van der Waals surface area contributed by atoms with Crippen LogP contribution in [0.1, 0.15) is 51.3 Å². The van der Waals surface area contributed by atoms with Gasteiger partial charge in [0.05, 0.1) is 0 Å². The van der Waals surface area contributed by atoms with Crippen LogP contribution in [0.15, 0.2) is 0 Å². The van der Waals surface area contributed by atoms with E-state index in [9.17, 15) is 0 Å². The van der Waals surface area contributed by atoms with Crippen molar-refractivity contribution in [2.45, 2.75) is 58.4 Å². The second-order valence-electron chi connectivity index (χ2n) is 4.70. The predicted octanol–water partition coefficient (Wildman–Crippen LogP) is 3.62. The first kappa shape index (κ1) is 11.8. The topological polar surface area (TPSA) is 37.8 Å². The normalized spacial score (nSPS) is 19.6. The Labute approximate surface area is 102 Å². The van der Waals surface area contributed by atoms with Crippen LogP contribution in [-0.4, -0.2) is 15.4 Å². The SMILES string of the molecule is CCC(Nc1nc(C)ns1)C1CCCCC1. The first-order chi connectivity index (χ1) is 7.79. The van der Waals surface area contributed by atoms with Gasteiger partial charge in [-0.25, -0.2) is 4.98 Å². The molecule has 1 atom stereocenters. The molecule has 1 aliphatic carbocycles. The van der Waals surface area contributed by atoms with Crippen LogP contribution >= 0.6 is 11.5 Å². The molecule has 1 unspecified atom stereocenters. The minimum atomic E-state index is 0.590. The summed E-state index contributed by atoms with van der Waals surface area (Å²) in [6, 6.07) is 0.590. The van der Waals surface area contributed by atoms with Crippen LogP contribution in [0.4, 0.5) is 5.13 Å². The van der Waals surface area contributed by atoms with E-state index >= 15 is 0 Å². The molecule has 1 aliphatic rings. The lowest BCUT2D eigenvalue weighted by molar-refractivity contribution is 0.313. The Bertz CT molecular complexity index is 318. The Balaban J connectivity index is 1.94. The van der Waals surface area contributed by atoms with Gasteiger partial charge < -0.3 is 5.32 Å². The predicted molar refractivity (Wildman–Crippen MR) is 68.9 cm³/mol. The van der Waals surface area contributed by atoms with Crippen LogP contribution in [0.25, 0.3) is 0 Å². The van der Waals surface area contributed by atoms with Crippen molar-refractivity contribution in [2.75, 3.05) is 5.32 Å². The number of rotatable bonds is 4. The van der Waals surface area contributed by atoms with Crippen LogP contribution in [-0.2, 0) is 0 Å². The van der Waals surface area contributed by atoms with Crippen LogP contribution in [0.3, 0.4) is 0 Å². The monoisotopic (exact) mass is 239 g/mol. The first-order valence-electron chi connectivity index (χ1n) is 6.36. The molecular weight excluding hydrogens is 218 g/mol. The van der Waals surface area contributed by atoms with Gasteiger partial charge in [0.25, 0.3) is 0 Å². The van der Waals surface area contributed by atoms with Crippen LogP contribution in [0.2, 0.25) is 0 Å². The van der Waals surface area contributed by atoms with E-state index < -0.39 is 0 Å². The molecule has 4 heteroatoms. The highest BCUT2D eigenvalue weighted by molar-refractivity contribution is 7.09. The van der Waals surface area contributed by atoms with E-state index in [2.05, 4.69) is 21.6 Å². The van der Waals surface area contributed by atoms with E-state index in [1.54, 1.807) is 0 Å². The van der Waals surface area contributed by atoms with Crippen molar-refractivity contribution in [1.82, 2.24) is 9.36 Å². The zero-order valence-corrected chi connectivity index (χ0v) is 11.0. The molecule has 0 spiro atoms. The lowest BCUT2D eigenvalue weighted by atomic mass is 9.83. The summed E-state index contributed by atoms with van der Waals surface area (Å²) in [5.41, 5.74) is 0. The van der Waals surface area contributed by atoms with Crippen molar-refractivity contribution in [3.63, 3.8) is 0 Å². The molecule has 1 N–H and O–H groups in total. The summed E-state index contributed by atoms with van der Waals surface area (Å²) in [7, 11) is 0. The molecule has 1 fully saturated rings. The van der Waals surface area contributed by atoms with Gasteiger partial charge in [0.2, 0.25) is 5.13 Å². The van der Waals surface area contributed by atoms with E-state index in [0.29, 0.717) is 6.04 Å². The molecule has 3 nitrogen and oxygen atoms in total. The smallest absolute Gasteiger partial charge is 0.202 e. The molecule has 90 valence electrons. The van der Waals surface area contributed by atoms with Crippen molar-refractivity contribution in [2.24, 2.45) is 5.92 Å². The molecule has 0 aromatic carbocycles. The highest BCUT2D eigenvalue weighted by atomic mass is 32.1. The van der Waals surface area contributed by atoms with Gasteiger partial charge >= 0.3 is 0 Å². The second-order valence-corrected chi connectivity index (χ2v) is 5.46. The molecule has 1 aromatic heterocycles. The largest absolute Gasteiger partial charge is 0.357 e. The van der Waals surface area contributed by atoms with Crippen LogP contribution in [0.5, 0.6) is 0 Å². The summed E-state index contributed by atoms with van der Waals surface area (Å²) < 4.78 is 4.22. The Morgan fingerprint density at radius 3 is 2.69 bits per heavy atom. The van der Waals surface area contributed by atoms with Crippen molar-refractivity contribution in [3.8, 4) is 0 Å². The van der Waals surface area contributed by atoms with Gasteiger partial charge in [0, 0.05) is 17.6 Å². The number of hydrogen-bond donors (Lipinski definition) is 1. The quantitative estimate of drug-likeness (QED) is 0.872.